The first-order valence-corrected chi connectivity index (χ1v) is 8.68. The van der Waals surface area contributed by atoms with Crippen molar-refractivity contribution in [2.45, 2.75) is 25.9 Å². The molecule has 0 saturated carbocycles. The molecule has 0 aliphatic carbocycles. The van der Waals surface area contributed by atoms with Gasteiger partial charge in [-0.1, -0.05) is 25.1 Å². The molecule has 20 heavy (non-hydrogen) atoms. The summed E-state index contributed by atoms with van der Waals surface area (Å²) in [4.78, 5) is 0. The lowest BCUT2D eigenvalue weighted by Crippen LogP contribution is -2.38. The number of ether oxygens (including phenoxy) is 1. The van der Waals surface area contributed by atoms with Crippen LogP contribution in [-0.4, -0.2) is 39.9 Å². The smallest absolute Gasteiger partial charge is 0.212 e. The van der Waals surface area contributed by atoms with Gasteiger partial charge in [0.1, 0.15) is 11.9 Å². The largest absolute Gasteiger partial charge is 0.488 e. The van der Waals surface area contributed by atoms with Gasteiger partial charge in [-0.3, -0.25) is 0 Å². The van der Waals surface area contributed by atoms with Gasteiger partial charge in [0.25, 0.3) is 0 Å². The molecule has 1 aromatic rings. The van der Waals surface area contributed by atoms with Gasteiger partial charge in [0.2, 0.25) is 10.0 Å². The molecule has 0 bridgehead atoms. The fraction of sp³-hybridized carbons (Fsp3) is 0.571. The maximum absolute atomic E-state index is 11.8. The predicted molar refractivity (Wildman–Crippen MR) is 79.5 cm³/mol. The topological polar surface area (TPSA) is 67.4 Å². The van der Waals surface area contributed by atoms with Gasteiger partial charge in [-0.15, -0.1) is 0 Å². The van der Waals surface area contributed by atoms with E-state index in [4.69, 9.17) is 4.74 Å². The third-order valence-corrected chi connectivity index (χ3v) is 4.57. The van der Waals surface area contributed by atoms with E-state index in [2.05, 4.69) is 17.0 Å². The molecule has 0 fully saturated rings. The van der Waals surface area contributed by atoms with Crippen molar-refractivity contribution in [3.8, 4) is 5.75 Å². The first-order valence-electron chi connectivity index (χ1n) is 7.03. The number of sulfonamides is 1. The van der Waals surface area contributed by atoms with Crippen molar-refractivity contribution in [1.82, 2.24) is 10.0 Å². The van der Waals surface area contributed by atoms with E-state index in [1.54, 1.807) is 0 Å². The van der Waals surface area contributed by atoms with Gasteiger partial charge in [-0.05, 0) is 24.6 Å². The summed E-state index contributed by atoms with van der Waals surface area (Å²) in [6.45, 7) is 3.70. The summed E-state index contributed by atoms with van der Waals surface area (Å²) in [6, 6.07) is 7.82. The van der Waals surface area contributed by atoms with E-state index < -0.39 is 10.0 Å². The summed E-state index contributed by atoms with van der Waals surface area (Å²) < 4.78 is 32.0. The van der Waals surface area contributed by atoms with Crippen molar-refractivity contribution in [3.63, 3.8) is 0 Å². The van der Waals surface area contributed by atoms with Crippen LogP contribution in [0, 0.1) is 0 Å². The molecule has 1 aliphatic heterocycles. The Morgan fingerprint density at radius 3 is 2.85 bits per heavy atom. The van der Waals surface area contributed by atoms with E-state index in [1.165, 1.54) is 0 Å². The SMILES string of the molecule is CCCNCCS(=O)(=O)NCC1Cc2ccccc2O1. The molecule has 0 spiro atoms. The quantitative estimate of drug-likeness (QED) is 0.700. The van der Waals surface area contributed by atoms with Gasteiger partial charge in [-0.25, -0.2) is 13.1 Å². The van der Waals surface area contributed by atoms with E-state index in [9.17, 15) is 8.42 Å². The monoisotopic (exact) mass is 298 g/mol. The van der Waals surface area contributed by atoms with Crippen LogP contribution < -0.4 is 14.8 Å². The van der Waals surface area contributed by atoms with E-state index in [1.807, 2.05) is 24.3 Å². The highest BCUT2D eigenvalue weighted by atomic mass is 32.2. The zero-order valence-corrected chi connectivity index (χ0v) is 12.6. The van der Waals surface area contributed by atoms with Gasteiger partial charge >= 0.3 is 0 Å². The minimum atomic E-state index is -3.23. The summed E-state index contributed by atoms with van der Waals surface area (Å²) in [5, 5.41) is 3.08. The summed E-state index contributed by atoms with van der Waals surface area (Å²) in [7, 11) is -3.23. The Hall–Kier alpha value is -1.11. The molecule has 5 nitrogen and oxygen atoms in total. The van der Waals surface area contributed by atoms with E-state index in [-0.39, 0.29) is 11.9 Å². The second kappa shape index (κ2) is 7.06. The Balaban J connectivity index is 1.73. The van der Waals surface area contributed by atoms with Crippen molar-refractivity contribution >= 4 is 10.0 Å². The predicted octanol–water partition coefficient (Wildman–Crippen LogP) is 0.909. The Morgan fingerprint density at radius 1 is 1.30 bits per heavy atom. The molecule has 1 unspecified atom stereocenters. The van der Waals surface area contributed by atoms with Crippen molar-refractivity contribution in [2.24, 2.45) is 0 Å². The van der Waals surface area contributed by atoms with Crippen molar-refractivity contribution in [1.29, 1.82) is 0 Å². The highest BCUT2D eigenvalue weighted by Gasteiger charge is 2.23. The number of rotatable bonds is 8. The molecule has 0 radical (unpaired) electrons. The van der Waals surface area contributed by atoms with Gasteiger partial charge in [0, 0.05) is 19.5 Å². The molecule has 1 aromatic carbocycles. The number of fused-ring (bicyclic) bond motifs is 1. The van der Waals surface area contributed by atoms with Crippen LogP contribution in [0.4, 0.5) is 0 Å². The summed E-state index contributed by atoms with van der Waals surface area (Å²) in [6.07, 6.45) is 1.65. The summed E-state index contributed by atoms with van der Waals surface area (Å²) in [5.74, 6) is 0.966. The highest BCUT2D eigenvalue weighted by Crippen LogP contribution is 2.27. The summed E-state index contributed by atoms with van der Waals surface area (Å²) >= 11 is 0. The molecule has 1 aliphatic rings. The average molecular weight is 298 g/mol. The normalized spacial score (nSPS) is 17.8. The lowest BCUT2D eigenvalue weighted by molar-refractivity contribution is 0.236. The lowest BCUT2D eigenvalue weighted by Gasteiger charge is -2.12. The van der Waals surface area contributed by atoms with Crippen LogP contribution >= 0.6 is 0 Å². The van der Waals surface area contributed by atoms with Gasteiger partial charge in [0.15, 0.2) is 0 Å². The number of nitrogens with one attached hydrogen (secondary N) is 2. The fourth-order valence-corrected chi connectivity index (χ4v) is 3.17. The third kappa shape index (κ3) is 4.47. The molecule has 0 saturated heterocycles. The zero-order chi connectivity index (χ0) is 14.4. The number of hydrogen-bond donors (Lipinski definition) is 2. The minimum Gasteiger partial charge on any atom is -0.488 e. The first-order chi connectivity index (χ1) is 9.61. The van der Waals surface area contributed by atoms with Gasteiger partial charge in [-0.2, -0.15) is 0 Å². The number of benzene rings is 1. The molecule has 112 valence electrons. The van der Waals surface area contributed by atoms with Crippen LogP contribution in [0.25, 0.3) is 0 Å². The molecule has 6 heteroatoms. The van der Waals surface area contributed by atoms with E-state index in [0.717, 1.165) is 30.7 Å². The average Bonchev–Trinajstić information content (AvgIpc) is 2.84. The van der Waals surface area contributed by atoms with Crippen molar-refractivity contribution < 1.29 is 13.2 Å². The third-order valence-electron chi connectivity index (χ3n) is 3.22. The minimum absolute atomic E-state index is 0.104. The maximum atomic E-state index is 11.8. The second-order valence-corrected chi connectivity index (χ2v) is 6.90. The van der Waals surface area contributed by atoms with Gasteiger partial charge < -0.3 is 10.1 Å². The van der Waals surface area contributed by atoms with Crippen LogP contribution in [0.5, 0.6) is 5.75 Å². The zero-order valence-electron chi connectivity index (χ0n) is 11.8. The first kappa shape index (κ1) is 15.3. The standard InChI is InChI=1S/C14H22N2O3S/c1-2-7-15-8-9-20(17,18)16-11-13-10-12-5-3-4-6-14(12)19-13/h3-6,13,15-16H,2,7-11H2,1H3. The molecular formula is C14H22N2O3S. The van der Waals surface area contributed by atoms with Crippen molar-refractivity contribution in [3.05, 3.63) is 29.8 Å². The summed E-state index contributed by atoms with van der Waals surface area (Å²) in [5.41, 5.74) is 1.14. The molecule has 0 amide bonds. The Bertz CT molecular complexity index is 506. The molecule has 1 atom stereocenters. The van der Waals surface area contributed by atoms with Crippen LogP contribution in [0.1, 0.15) is 18.9 Å². The number of hydrogen-bond acceptors (Lipinski definition) is 4. The molecule has 2 rings (SSSR count). The molecule has 0 aromatic heterocycles. The van der Waals surface area contributed by atoms with E-state index >= 15 is 0 Å². The highest BCUT2D eigenvalue weighted by molar-refractivity contribution is 7.89. The number of para-hydroxylation sites is 1. The van der Waals surface area contributed by atoms with Crippen LogP contribution in [-0.2, 0) is 16.4 Å². The van der Waals surface area contributed by atoms with E-state index in [0.29, 0.717) is 13.1 Å². The molecular weight excluding hydrogens is 276 g/mol. The Morgan fingerprint density at radius 2 is 2.10 bits per heavy atom. The maximum Gasteiger partial charge on any atom is 0.212 e. The Labute approximate surface area is 120 Å². The van der Waals surface area contributed by atoms with Crippen molar-refractivity contribution in [2.75, 3.05) is 25.4 Å². The van der Waals surface area contributed by atoms with Gasteiger partial charge in [0.05, 0.1) is 5.75 Å². The van der Waals surface area contributed by atoms with Crippen LogP contribution in [0.2, 0.25) is 0 Å². The molecule has 1 heterocycles. The van der Waals surface area contributed by atoms with Crippen LogP contribution in [0.3, 0.4) is 0 Å². The van der Waals surface area contributed by atoms with Crippen LogP contribution in [0.15, 0.2) is 24.3 Å². The Kier molecular flexibility index (Phi) is 5.39. The fourth-order valence-electron chi connectivity index (χ4n) is 2.17. The molecule has 2 N–H and O–H groups in total. The lowest BCUT2D eigenvalue weighted by atomic mass is 10.1. The second-order valence-electron chi connectivity index (χ2n) is 4.97.